The monoisotopic (exact) mass is 258 g/mol. The van der Waals surface area contributed by atoms with E-state index in [4.69, 9.17) is 0 Å². The average Bonchev–Trinajstić information content (AvgIpc) is 2.34. The highest BCUT2D eigenvalue weighted by Crippen LogP contribution is 2.22. The molecule has 0 amide bonds. The minimum Gasteiger partial charge on any atom is -0.466 e. The van der Waals surface area contributed by atoms with Crippen molar-refractivity contribution >= 4 is 17.8 Å². The largest absolute Gasteiger partial charge is 0.466 e. The van der Waals surface area contributed by atoms with E-state index in [9.17, 15) is 22.8 Å². The summed E-state index contributed by atoms with van der Waals surface area (Å²) in [6.07, 6.45) is -2.60. The number of esters is 1. The molecule has 0 spiro atoms. The van der Waals surface area contributed by atoms with Gasteiger partial charge < -0.3 is 4.74 Å². The van der Waals surface area contributed by atoms with Crippen molar-refractivity contribution < 1.29 is 27.5 Å². The summed E-state index contributed by atoms with van der Waals surface area (Å²) in [5.74, 6) is -2.56. The first-order chi connectivity index (χ1) is 8.34. The molecule has 0 aromatic heterocycles. The molecule has 0 fully saturated rings. The highest BCUT2D eigenvalue weighted by Gasteiger charge is 2.39. The molecule has 18 heavy (non-hydrogen) atoms. The summed E-state index contributed by atoms with van der Waals surface area (Å²) >= 11 is 0. The maximum Gasteiger partial charge on any atom is 0.454 e. The van der Waals surface area contributed by atoms with Crippen molar-refractivity contribution in [1.82, 2.24) is 0 Å². The molecular formula is C12H9F3O3. The minimum atomic E-state index is -4.91. The number of carbonyl (C=O) groups excluding carboxylic acids is 2. The molecule has 0 unspecified atom stereocenters. The van der Waals surface area contributed by atoms with E-state index in [1.807, 2.05) is 0 Å². The van der Waals surface area contributed by atoms with Crippen molar-refractivity contribution in [2.24, 2.45) is 0 Å². The van der Waals surface area contributed by atoms with Gasteiger partial charge >= 0.3 is 12.1 Å². The number of alkyl halides is 3. The van der Waals surface area contributed by atoms with E-state index in [2.05, 4.69) is 4.74 Å². The fraction of sp³-hybridized carbons (Fsp3) is 0.167. The van der Waals surface area contributed by atoms with Crippen LogP contribution in [0.2, 0.25) is 0 Å². The predicted octanol–water partition coefficient (Wildman–Crippen LogP) is 2.62. The van der Waals surface area contributed by atoms with Gasteiger partial charge in [-0.25, -0.2) is 4.79 Å². The third-order valence-corrected chi connectivity index (χ3v) is 2.02. The van der Waals surface area contributed by atoms with Gasteiger partial charge in [-0.15, -0.1) is 0 Å². The Bertz CT molecular complexity index is 490. The molecule has 0 bridgehead atoms. The van der Waals surface area contributed by atoms with Crippen molar-refractivity contribution in [3.63, 3.8) is 0 Å². The van der Waals surface area contributed by atoms with E-state index in [-0.39, 0.29) is 0 Å². The number of ether oxygens (including phenoxy) is 1. The molecule has 0 heterocycles. The summed E-state index contributed by atoms with van der Waals surface area (Å²) in [6.45, 7) is 0. The molecule has 1 rings (SSSR count). The number of halogens is 3. The lowest BCUT2D eigenvalue weighted by Gasteiger charge is -2.05. The summed E-state index contributed by atoms with van der Waals surface area (Å²) in [4.78, 5) is 21.8. The first-order valence-corrected chi connectivity index (χ1v) is 4.82. The normalized spacial score (nSPS) is 11.6. The van der Waals surface area contributed by atoms with Crippen LogP contribution in [0.5, 0.6) is 0 Å². The number of hydrogen-bond acceptors (Lipinski definition) is 3. The third kappa shape index (κ3) is 3.73. The van der Waals surface area contributed by atoms with Crippen LogP contribution >= 0.6 is 0 Å². The Balaban J connectivity index is 2.97. The predicted molar refractivity (Wildman–Crippen MR) is 57.9 cm³/mol. The molecule has 1 aromatic carbocycles. The van der Waals surface area contributed by atoms with E-state index in [0.29, 0.717) is 5.56 Å². The lowest BCUT2D eigenvalue weighted by Crippen LogP contribution is -2.22. The van der Waals surface area contributed by atoms with Crippen molar-refractivity contribution in [2.45, 2.75) is 6.18 Å². The Morgan fingerprint density at radius 1 is 1.28 bits per heavy atom. The van der Waals surface area contributed by atoms with Crippen molar-refractivity contribution in [1.29, 1.82) is 0 Å². The summed E-state index contributed by atoms with van der Waals surface area (Å²) in [7, 11) is 1.18. The molecule has 0 radical (unpaired) electrons. The van der Waals surface area contributed by atoms with E-state index >= 15 is 0 Å². The average molecular weight is 258 g/mol. The van der Waals surface area contributed by atoms with Gasteiger partial charge in [0, 0.05) is 11.6 Å². The summed E-state index contributed by atoms with van der Waals surface area (Å²) in [5, 5.41) is 0. The van der Waals surface area contributed by atoms with Crippen LogP contribution in [0.4, 0.5) is 13.2 Å². The maximum atomic E-state index is 12.2. The van der Waals surface area contributed by atoms with Gasteiger partial charge in [0.15, 0.2) is 0 Å². The number of Topliss-reactive ketones (excluding diaryl/α,β-unsaturated/α-hetero) is 1. The standard InChI is InChI=1S/C12H9F3O3/c1-18-10(16)6-5-8-3-2-4-9(7-8)11(17)12(13,14)15/h2-7H,1H3. The molecule has 0 aliphatic rings. The molecule has 0 atom stereocenters. The van der Waals surface area contributed by atoms with E-state index < -0.39 is 23.5 Å². The number of hydrogen-bond donors (Lipinski definition) is 0. The molecule has 0 N–H and O–H groups in total. The molecule has 1 aromatic rings. The van der Waals surface area contributed by atoms with Crippen LogP contribution in [-0.2, 0) is 9.53 Å². The number of rotatable bonds is 3. The van der Waals surface area contributed by atoms with Crippen molar-refractivity contribution in [3.05, 3.63) is 41.5 Å². The first kappa shape index (κ1) is 14.0. The zero-order valence-electron chi connectivity index (χ0n) is 9.32. The Labute approximate surface area is 101 Å². The molecule has 0 aliphatic heterocycles. The molecule has 0 saturated heterocycles. The van der Waals surface area contributed by atoms with Crippen LogP contribution in [0, 0.1) is 0 Å². The van der Waals surface area contributed by atoms with Gasteiger partial charge in [0.2, 0.25) is 0 Å². The summed E-state index contributed by atoms with van der Waals surface area (Å²) in [6, 6.07) is 4.88. The van der Waals surface area contributed by atoms with Gasteiger partial charge in [-0.05, 0) is 17.7 Å². The SMILES string of the molecule is COC(=O)C=Cc1cccc(C(=O)C(F)(F)F)c1. The third-order valence-electron chi connectivity index (χ3n) is 2.02. The highest BCUT2D eigenvalue weighted by atomic mass is 19.4. The van der Waals surface area contributed by atoms with Crippen LogP contribution in [0.25, 0.3) is 6.08 Å². The van der Waals surface area contributed by atoms with Gasteiger partial charge in [0.1, 0.15) is 0 Å². The second kappa shape index (κ2) is 5.48. The van der Waals surface area contributed by atoms with Gasteiger partial charge in [-0.2, -0.15) is 13.2 Å². The van der Waals surface area contributed by atoms with Gasteiger partial charge in [-0.3, -0.25) is 4.79 Å². The zero-order chi connectivity index (χ0) is 13.8. The number of methoxy groups -OCH3 is 1. The molecule has 0 saturated carbocycles. The lowest BCUT2D eigenvalue weighted by atomic mass is 10.1. The van der Waals surface area contributed by atoms with Gasteiger partial charge in [-0.1, -0.05) is 18.2 Å². The van der Waals surface area contributed by atoms with Crippen LogP contribution in [0.1, 0.15) is 15.9 Å². The molecule has 6 heteroatoms. The topological polar surface area (TPSA) is 43.4 Å². The smallest absolute Gasteiger partial charge is 0.454 e. The van der Waals surface area contributed by atoms with Crippen LogP contribution < -0.4 is 0 Å². The van der Waals surface area contributed by atoms with Gasteiger partial charge in [0.05, 0.1) is 7.11 Å². The molecule has 3 nitrogen and oxygen atoms in total. The molecular weight excluding hydrogens is 249 g/mol. The van der Waals surface area contributed by atoms with Crippen LogP contribution in [-0.4, -0.2) is 25.0 Å². The Kier molecular flexibility index (Phi) is 4.25. The highest BCUT2D eigenvalue weighted by molar-refractivity contribution is 6.00. The Morgan fingerprint density at radius 2 is 1.94 bits per heavy atom. The van der Waals surface area contributed by atoms with Crippen molar-refractivity contribution in [2.75, 3.05) is 7.11 Å². The van der Waals surface area contributed by atoms with E-state index in [1.54, 1.807) is 0 Å². The minimum absolute atomic E-state index is 0.301. The Hall–Kier alpha value is -2.11. The number of ketones is 1. The van der Waals surface area contributed by atoms with E-state index in [1.165, 1.54) is 25.3 Å². The maximum absolute atomic E-state index is 12.2. The molecule has 96 valence electrons. The number of carbonyl (C=O) groups is 2. The van der Waals surface area contributed by atoms with E-state index in [0.717, 1.165) is 18.2 Å². The van der Waals surface area contributed by atoms with Crippen molar-refractivity contribution in [3.8, 4) is 0 Å². The fourth-order valence-electron chi connectivity index (χ4n) is 1.18. The quantitative estimate of drug-likeness (QED) is 0.475. The Morgan fingerprint density at radius 3 is 2.50 bits per heavy atom. The lowest BCUT2D eigenvalue weighted by molar-refractivity contribution is -0.134. The summed E-state index contributed by atoms with van der Waals surface area (Å²) < 4.78 is 40.9. The fourth-order valence-corrected chi connectivity index (χ4v) is 1.18. The first-order valence-electron chi connectivity index (χ1n) is 4.82. The zero-order valence-corrected chi connectivity index (χ0v) is 9.32. The second-order valence-electron chi connectivity index (χ2n) is 3.31. The second-order valence-corrected chi connectivity index (χ2v) is 3.31. The van der Waals surface area contributed by atoms with Crippen LogP contribution in [0.3, 0.4) is 0 Å². The molecule has 0 aliphatic carbocycles. The van der Waals surface area contributed by atoms with Gasteiger partial charge in [0.25, 0.3) is 5.78 Å². The number of benzene rings is 1. The summed E-state index contributed by atoms with van der Waals surface area (Å²) in [5.41, 5.74) is -0.176. The van der Waals surface area contributed by atoms with Crippen LogP contribution in [0.15, 0.2) is 30.3 Å².